The van der Waals surface area contributed by atoms with Crippen LogP contribution in [0.1, 0.15) is 43.7 Å². The number of aliphatic imine (C=N–C) groups is 1. The summed E-state index contributed by atoms with van der Waals surface area (Å²) in [5.41, 5.74) is 2.90. The summed E-state index contributed by atoms with van der Waals surface area (Å²) in [4.78, 5) is 18.4. The molecule has 0 bridgehead atoms. The van der Waals surface area contributed by atoms with Gasteiger partial charge in [-0.1, -0.05) is 24.3 Å². The summed E-state index contributed by atoms with van der Waals surface area (Å²) >= 11 is 0. The highest BCUT2D eigenvalue weighted by Crippen LogP contribution is 2.34. The molecule has 1 atom stereocenters. The minimum Gasteiger partial charge on any atom is -0.450 e. The molecular weight excluding hydrogens is 455 g/mol. The summed E-state index contributed by atoms with van der Waals surface area (Å²) in [6.45, 7) is 7.46. The van der Waals surface area contributed by atoms with Crippen LogP contribution in [0.25, 0.3) is 0 Å². The molecule has 1 saturated heterocycles. The first kappa shape index (κ1) is 21.8. The number of likely N-dealkylation sites (tertiary alicyclic amines) is 1. The largest absolute Gasteiger partial charge is 0.450 e. The summed E-state index contributed by atoms with van der Waals surface area (Å²) in [5.74, 6) is 1.42. The first-order valence-corrected chi connectivity index (χ1v) is 9.75. The Kier molecular flexibility index (Phi) is 8.66. The molecule has 0 aromatic heterocycles. The van der Waals surface area contributed by atoms with E-state index in [1.165, 1.54) is 11.1 Å². The van der Waals surface area contributed by atoms with E-state index in [1.54, 1.807) is 4.90 Å². The number of halogens is 1. The van der Waals surface area contributed by atoms with Gasteiger partial charge in [0.15, 0.2) is 5.96 Å². The lowest BCUT2D eigenvalue weighted by Crippen LogP contribution is -2.50. The number of carbonyl (C=O) groups is 1. The number of amides is 1. The first-order valence-electron chi connectivity index (χ1n) is 9.75. The van der Waals surface area contributed by atoms with E-state index in [0.717, 1.165) is 51.4 Å². The molecule has 150 valence electrons. The maximum absolute atomic E-state index is 11.8. The highest BCUT2D eigenvalue weighted by Gasteiger charge is 2.26. The highest BCUT2D eigenvalue weighted by atomic mass is 127. The molecule has 0 spiro atoms. The van der Waals surface area contributed by atoms with Crippen LogP contribution in [0, 0.1) is 0 Å². The Morgan fingerprint density at radius 2 is 2.00 bits per heavy atom. The number of nitrogens with one attached hydrogen (secondary N) is 2. The van der Waals surface area contributed by atoms with Crippen LogP contribution >= 0.6 is 24.0 Å². The Morgan fingerprint density at radius 1 is 1.26 bits per heavy atom. The molecule has 0 saturated carbocycles. The fraction of sp³-hybridized carbons (Fsp3) is 0.600. The van der Waals surface area contributed by atoms with Crippen LogP contribution in [0.2, 0.25) is 0 Å². The number of guanidine groups is 1. The van der Waals surface area contributed by atoms with Gasteiger partial charge in [-0.2, -0.15) is 0 Å². The van der Waals surface area contributed by atoms with Crippen LogP contribution in [0.15, 0.2) is 29.3 Å². The van der Waals surface area contributed by atoms with Crippen molar-refractivity contribution in [2.24, 2.45) is 4.99 Å². The molecule has 1 fully saturated rings. The summed E-state index contributed by atoms with van der Waals surface area (Å²) < 4.78 is 5.08. The molecule has 1 amide bonds. The van der Waals surface area contributed by atoms with E-state index in [4.69, 9.17) is 9.73 Å². The fourth-order valence-electron chi connectivity index (χ4n) is 3.66. The molecule has 2 aliphatic rings. The third-order valence-corrected chi connectivity index (χ3v) is 5.14. The minimum atomic E-state index is -0.199. The van der Waals surface area contributed by atoms with Gasteiger partial charge < -0.3 is 20.3 Å². The van der Waals surface area contributed by atoms with Crippen molar-refractivity contribution in [2.75, 3.05) is 32.8 Å². The molecular formula is C20H31IN4O2. The van der Waals surface area contributed by atoms with Crippen LogP contribution in [-0.2, 0) is 11.2 Å². The normalized spacial score (nSPS) is 19.4. The summed E-state index contributed by atoms with van der Waals surface area (Å²) in [6, 6.07) is 8.97. The van der Waals surface area contributed by atoms with E-state index in [2.05, 4.69) is 41.8 Å². The van der Waals surface area contributed by atoms with Crippen molar-refractivity contribution in [3.8, 4) is 0 Å². The van der Waals surface area contributed by atoms with Gasteiger partial charge in [-0.05, 0) is 44.2 Å². The predicted molar refractivity (Wildman–Crippen MR) is 119 cm³/mol. The molecule has 6 nitrogen and oxygen atoms in total. The van der Waals surface area contributed by atoms with Gasteiger partial charge >= 0.3 is 6.09 Å². The molecule has 1 unspecified atom stereocenters. The molecule has 1 aliphatic heterocycles. The van der Waals surface area contributed by atoms with Gasteiger partial charge in [0.05, 0.1) is 6.61 Å². The molecule has 1 aliphatic carbocycles. The zero-order valence-electron chi connectivity index (χ0n) is 16.2. The number of carbonyl (C=O) groups excluding carboxylic acids is 1. The number of hydrogen-bond donors (Lipinski definition) is 2. The SMILES string of the molecule is CCNC(=NCC1Cc2ccccc21)NC1CCN(C(=O)OCC)CC1.I. The lowest BCUT2D eigenvalue weighted by molar-refractivity contribution is 0.0963. The van der Waals surface area contributed by atoms with Crippen LogP contribution in [-0.4, -0.2) is 55.8 Å². The van der Waals surface area contributed by atoms with E-state index >= 15 is 0 Å². The highest BCUT2D eigenvalue weighted by molar-refractivity contribution is 14.0. The van der Waals surface area contributed by atoms with Crippen molar-refractivity contribution in [3.63, 3.8) is 0 Å². The molecule has 0 radical (unpaired) electrons. The van der Waals surface area contributed by atoms with Gasteiger partial charge in [0, 0.05) is 38.1 Å². The van der Waals surface area contributed by atoms with E-state index in [1.807, 2.05) is 6.92 Å². The van der Waals surface area contributed by atoms with Crippen molar-refractivity contribution in [2.45, 2.75) is 45.1 Å². The standard InChI is InChI=1S/C20H30N4O2.HI/c1-3-21-19(22-14-16-13-15-7-5-6-8-18(15)16)23-17-9-11-24(12-10-17)20(25)26-4-2;/h5-8,16-17H,3-4,9-14H2,1-2H3,(H2,21,22,23);1H. The summed E-state index contributed by atoms with van der Waals surface area (Å²) in [6.07, 6.45) is 2.75. The zero-order chi connectivity index (χ0) is 18.4. The van der Waals surface area contributed by atoms with E-state index in [0.29, 0.717) is 18.6 Å². The average Bonchev–Trinajstić information content (AvgIpc) is 2.63. The van der Waals surface area contributed by atoms with E-state index < -0.39 is 0 Å². The molecule has 1 heterocycles. The number of nitrogens with zero attached hydrogens (tertiary/aromatic N) is 2. The van der Waals surface area contributed by atoms with Gasteiger partial charge in [0.2, 0.25) is 0 Å². The molecule has 1 aromatic carbocycles. The monoisotopic (exact) mass is 486 g/mol. The fourth-order valence-corrected chi connectivity index (χ4v) is 3.66. The smallest absolute Gasteiger partial charge is 0.409 e. The third kappa shape index (κ3) is 5.73. The van der Waals surface area contributed by atoms with Crippen LogP contribution < -0.4 is 10.6 Å². The van der Waals surface area contributed by atoms with Crippen LogP contribution in [0.4, 0.5) is 4.79 Å². The van der Waals surface area contributed by atoms with Crippen LogP contribution in [0.5, 0.6) is 0 Å². The lowest BCUT2D eigenvalue weighted by atomic mass is 9.78. The Balaban J connectivity index is 0.00000261. The minimum absolute atomic E-state index is 0. The average molecular weight is 486 g/mol. The molecule has 2 N–H and O–H groups in total. The Hall–Kier alpha value is -1.51. The topological polar surface area (TPSA) is 66.0 Å². The van der Waals surface area contributed by atoms with Crippen molar-refractivity contribution in [3.05, 3.63) is 35.4 Å². The Morgan fingerprint density at radius 3 is 2.67 bits per heavy atom. The van der Waals surface area contributed by atoms with Crippen molar-refractivity contribution in [1.29, 1.82) is 0 Å². The summed E-state index contributed by atoms with van der Waals surface area (Å²) in [7, 11) is 0. The Labute approximate surface area is 179 Å². The second-order valence-corrected chi connectivity index (χ2v) is 6.92. The van der Waals surface area contributed by atoms with Gasteiger partial charge in [0.1, 0.15) is 0 Å². The summed E-state index contributed by atoms with van der Waals surface area (Å²) in [5, 5.41) is 6.88. The van der Waals surface area contributed by atoms with E-state index in [-0.39, 0.29) is 30.1 Å². The van der Waals surface area contributed by atoms with E-state index in [9.17, 15) is 4.79 Å². The number of rotatable bonds is 5. The first-order chi connectivity index (χ1) is 12.7. The van der Waals surface area contributed by atoms with Gasteiger partial charge in [-0.15, -0.1) is 24.0 Å². The molecule has 1 aromatic rings. The maximum Gasteiger partial charge on any atom is 0.409 e. The Bertz CT molecular complexity index is 645. The number of fused-ring (bicyclic) bond motifs is 1. The molecule has 27 heavy (non-hydrogen) atoms. The number of piperidine rings is 1. The second kappa shape index (κ2) is 10.7. The predicted octanol–water partition coefficient (Wildman–Crippen LogP) is 3.12. The quantitative estimate of drug-likeness (QED) is 0.382. The number of benzene rings is 1. The van der Waals surface area contributed by atoms with Crippen molar-refractivity contribution in [1.82, 2.24) is 15.5 Å². The lowest BCUT2D eigenvalue weighted by Gasteiger charge is -2.33. The molecule has 7 heteroatoms. The van der Waals surface area contributed by atoms with Crippen LogP contribution in [0.3, 0.4) is 0 Å². The third-order valence-electron chi connectivity index (χ3n) is 5.14. The molecule has 3 rings (SSSR count). The zero-order valence-corrected chi connectivity index (χ0v) is 18.6. The number of hydrogen-bond acceptors (Lipinski definition) is 3. The number of ether oxygens (including phenoxy) is 1. The van der Waals surface area contributed by atoms with Gasteiger partial charge in [-0.25, -0.2) is 4.79 Å². The van der Waals surface area contributed by atoms with Gasteiger partial charge in [0.25, 0.3) is 0 Å². The van der Waals surface area contributed by atoms with Crippen molar-refractivity contribution >= 4 is 36.0 Å². The second-order valence-electron chi connectivity index (χ2n) is 6.92. The van der Waals surface area contributed by atoms with Crippen molar-refractivity contribution < 1.29 is 9.53 Å². The maximum atomic E-state index is 11.8. The van der Waals surface area contributed by atoms with Gasteiger partial charge in [-0.3, -0.25) is 4.99 Å².